The molecule has 0 aliphatic heterocycles. The van der Waals surface area contributed by atoms with Gasteiger partial charge in [-0.25, -0.2) is 8.42 Å². The maximum Gasteiger partial charge on any atom is 0.262 e. The molecule has 0 fully saturated rings. The molecule has 0 aliphatic rings. The maximum atomic E-state index is 12.5. The van der Waals surface area contributed by atoms with Gasteiger partial charge in [-0.05, 0) is 48.9 Å². The van der Waals surface area contributed by atoms with Crippen molar-refractivity contribution in [2.45, 2.75) is 11.8 Å². The third-order valence-corrected chi connectivity index (χ3v) is 5.09. The minimum absolute atomic E-state index is 0.163. The third-order valence-electron chi connectivity index (χ3n) is 3.69. The average Bonchev–Trinajstić information content (AvgIpc) is 2.67. The van der Waals surface area contributed by atoms with Crippen LogP contribution in [0.1, 0.15) is 5.56 Å². The van der Waals surface area contributed by atoms with Gasteiger partial charge in [0.15, 0.2) is 6.61 Å². The van der Waals surface area contributed by atoms with Gasteiger partial charge in [0.25, 0.3) is 15.9 Å². The smallest absolute Gasteiger partial charge is 0.262 e. The molecule has 0 atom stereocenters. The Morgan fingerprint density at radius 3 is 2.43 bits per heavy atom. The van der Waals surface area contributed by atoms with Gasteiger partial charge in [-0.1, -0.05) is 18.2 Å². The number of carbonyl (C=O) groups is 1. The summed E-state index contributed by atoms with van der Waals surface area (Å²) in [4.78, 5) is 16.0. The largest absolute Gasteiger partial charge is 0.484 e. The van der Waals surface area contributed by atoms with Crippen LogP contribution in [-0.4, -0.2) is 25.9 Å². The van der Waals surface area contributed by atoms with Gasteiger partial charge in [-0.3, -0.25) is 14.5 Å². The zero-order valence-electron chi connectivity index (χ0n) is 15.1. The quantitative estimate of drug-likeness (QED) is 0.638. The second-order valence-electron chi connectivity index (χ2n) is 6.03. The van der Waals surface area contributed by atoms with Crippen LogP contribution in [0.4, 0.5) is 11.4 Å². The molecule has 0 unspecified atom stereocenters. The van der Waals surface area contributed by atoms with Gasteiger partial charge in [-0.2, -0.15) is 0 Å². The number of aromatic nitrogens is 1. The van der Waals surface area contributed by atoms with Crippen LogP contribution in [0.15, 0.2) is 78.0 Å². The molecule has 1 aromatic heterocycles. The number of pyridine rings is 1. The van der Waals surface area contributed by atoms with Crippen LogP contribution in [0.5, 0.6) is 5.75 Å². The topological polar surface area (TPSA) is 97.4 Å². The van der Waals surface area contributed by atoms with Gasteiger partial charge in [0.1, 0.15) is 5.75 Å². The van der Waals surface area contributed by atoms with E-state index in [0.717, 1.165) is 5.56 Å². The molecular weight excluding hydrogens is 378 g/mol. The minimum Gasteiger partial charge on any atom is -0.484 e. The van der Waals surface area contributed by atoms with Crippen molar-refractivity contribution >= 4 is 27.3 Å². The summed E-state index contributed by atoms with van der Waals surface area (Å²) in [6.07, 6.45) is 3.14. The lowest BCUT2D eigenvalue weighted by atomic mass is 10.2. The van der Waals surface area contributed by atoms with Crippen LogP contribution >= 0.6 is 0 Å². The van der Waals surface area contributed by atoms with Crippen LogP contribution in [-0.2, 0) is 14.8 Å². The molecular formula is C20H19N3O4S. The first-order valence-electron chi connectivity index (χ1n) is 8.45. The number of anilines is 2. The van der Waals surface area contributed by atoms with Crippen LogP contribution in [0.2, 0.25) is 0 Å². The highest BCUT2D eigenvalue weighted by molar-refractivity contribution is 7.92. The molecule has 2 N–H and O–H groups in total. The molecule has 144 valence electrons. The predicted molar refractivity (Wildman–Crippen MR) is 107 cm³/mol. The molecule has 0 saturated heterocycles. The average molecular weight is 397 g/mol. The fourth-order valence-corrected chi connectivity index (χ4v) is 3.55. The van der Waals surface area contributed by atoms with Crippen LogP contribution in [0.25, 0.3) is 0 Å². The highest BCUT2D eigenvalue weighted by Gasteiger charge is 2.14. The number of nitrogens with zero attached hydrogens (tertiary/aromatic N) is 1. The van der Waals surface area contributed by atoms with E-state index < -0.39 is 10.0 Å². The molecule has 0 bridgehead atoms. The van der Waals surface area contributed by atoms with Crippen LogP contribution in [0.3, 0.4) is 0 Å². The first-order chi connectivity index (χ1) is 13.4. The number of hydrogen-bond donors (Lipinski definition) is 2. The summed E-state index contributed by atoms with van der Waals surface area (Å²) in [5.74, 6) is 0.0507. The number of nitrogens with one attached hydrogen (secondary N) is 2. The zero-order chi connectivity index (χ0) is 20.0. The highest BCUT2D eigenvalue weighted by Crippen LogP contribution is 2.23. The predicted octanol–water partition coefficient (Wildman–Crippen LogP) is 3.21. The number of benzene rings is 2. The molecule has 0 radical (unpaired) electrons. The molecule has 0 spiro atoms. The van der Waals surface area contributed by atoms with Crippen molar-refractivity contribution in [2.75, 3.05) is 16.6 Å². The normalized spacial score (nSPS) is 10.9. The first-order valence-corrected chi connectivity index (χ1v) is 9.93. The van der Waals surface area contributed by atoms with Crippen molar-refractivity contribution in [3.63, 3.8) is 0 Å². The van der Waals surface area contributed by atoms with Crippen LogP contribution < -0.4 is 14.8 Å². The summed E-state index contributed by atoms with van der Waals surface area (Å²) in [5, 5.41) is 2.69. The fraction of sp³-hybridized carbons (Fsp3) is 0.100. The van der Waals surface area contributed by atoms with Gasteiger partial charge < -0.3 is 10.1 Å². The Labute approximate surface area is 163 Å². The van der Waals surface area contributed by atoms with Crippen molar-refractivity contribution < 1.29 is 17.9 Å². The van der Waals surface area contributed by atoms with E-state index in [-0.39, 0.29) is 17.4 Å². The van der Waals surface area contributed by atoms with Gasteiger partial charge in [-0.15, -0.1) is 0 Å². The van der Waals surface area contributed by atoms with Crippen molar-refractivity contribution in [1.29, 1.82) is 0 Å². The van der Waals surface area contributed by atoms with Crippen molar-refractivity contribution in [1.82, 2.24) is 4.98 Å². The molecule has 0 aliphatic carbocycles. The van der Waals surface area contributed by atoms with Gasteiger partial charge in [0, 0.05) is 24.1 Å². The molecule has 7 nitrogen and oxygen atoms in total. The minimum atomic E-state index is -3.71. The van der Waals surface area contributed by atoms with E-state index in [4.69, 9.17) is 4.74 Å². The van der Waals surface area contributed by atoms with E-state index in [1.54, 1.807) is 54.9 Å². The standard InChI is InChI=1S/C20H19N3O4S/c1-15-11-17(23-28(25,26)19-5-3-2-4-6-19)13-18(12-15)27-14-20(24)22-16-7-9-21-10-8-16/h2-13,23H,14H2,1H3,(H,21,22,24). The molecule has 8 heteroatoms. The second-order valence-corrected chi connectivity index (χ2v) is 7.71. The van der Waals surface area contributed by atoms with Crippen molar-refractivity contribution in [3.8, 4) is 5.75 Å². The molecule has 3 rings (SSSR count). The lowest BCUT2D eigenvalue weighted by molar-refractivity contribution is -0.118. The lowest BCUT2D eigenvalue weighted by Crippen LogP contribution is -2.20. The van der Waals surface area contributed by atoms with Crippen molar-refractivity contribution in [3.05, 3.63) is 78.6 Å². The Morgan fingerprint density at radius 1 is 1.00 bits per heavy atom. The molecule has 3 aromatic rings. The number of rotatable bonds is 7. The summed E-state index contributed by atoms with van der Waals surface area (Å²) < 4.78 is 33.0. The third kappa shape index (κ3) is 5.31. The number of ether oxygens (including phenoxy) is 1. The summed E-state index contributed by atoms with van der Waals surface area (Å²) in [6, 6.07) is 16.4. The van der Waals surface area contributed by atoms with Gasteiger partial charge in [0.2, 0.25) is 0 Å². The first kappa shape index (κ1) is 19.4. The molecule has 1 heterocycles. The lowest BCUT2D eigenvalue weighted by Gasteiger charge is -2.12. The number of hydrogen-bond acceptors (Lipinski definition) is 5. The van der Waals surface area contributed by atoms with Gasteiger partial charge >= 0.3 is 0 Å². The Morgan fingerprint density at radius 2 is 1.71 bits per heavy atom. The Kier molecular flexibility index (Phi) is 5.90. The van der Waals surface area contributed by atoms with E-state index in [1.807, 2.05) is 6.92 Å². The second kappa shape index (κ2) is 8.53. The summed E-state index contributed by atoms with van der Waals surface area (Å²) in [6.45, 7) is 1.60. The van der Waals surface area contributed by atoms with E-state index in [9.17, 15) is 13.2 Å². The summed E-state index contributed by atoms with van der Waals surface area (Å²) in [5.41, 5.74) is 1.76. The zero-order valence-corrected chi connectivity index (χ0v) is 15.9. The van der Waals surface area contributed by atoms with E-state index >= 15 is 0 Å². The summed E-state index contributed by atoms with van der Waals surface area (Å²) in [7, 11) is -3.71. The van der Waals surface area contributed by atoms with Crippen LogP contribution in [0, 0.1) is 6.92 Å². The van der Waals surface area contributed by atoms with E-state index in [0.29, 0.717) is 17.1 Å². The fourth-order valence-electron chi connectivity index (χ4n) is 2.49. The van der Waals surface area contributed by atoms with E-state index in [1.165, 1.54) is 18.2 Å². The van der Waals surface area contributed by atoms with E-state index in [2.05, 4.69) is 15.0 Å². The van der Waals surface area contributed by atoms with Gasteiger partial charge in [0.05, 0.1) is 10.6 Å². The number of carbonyl (C=O) groups excluding carboxylic acids is 1. The Balaban J connectivity index is 1.67. The molecule has 28 heavy (non-hydrogen) atoms. The maximum absolute atomic E-state index is 12.5. The number of aryl methyl sites for hydroxylation is 1. The number of sulfonamides is 1. The monoisotopic (exact) mass is 397 g/mol. The van der Waals surface area contributed by atoms with Crippen molar-refractivity contribution in [2.24, 2.45) is 0 Å². The number of amides is 1. The Hall–Kier alpha value is -3.39. The highest BCUT2D eigenvalue weighted by atomic mass is 32.2. The molecule has 1 amide bonds. The molecule has 2 aromatic carbocycles. The summed E-state index contributed by atoms with van der Waals surface area (Å²) >= 11 is 0. The Bertz CT molecular complexity index is 1060. The molecule has 0 saturated carbocycles. The SMILES string of the molecule is Cc1cc(NS(=O)(=O)c2ccccc2)cc(OCC(=O)Nc2ccncc2)c1.